The minimum absolute atomic E-state index is 0.192. The van der Waals surface area contributed by atoms with Gasteiger partial charge in [0, 0.05) is 12.4 Å². The van der Waals surface area contributed by atoms with Crippen molar-refractivity contribution in [2.45, 2.75) is 6.42 Å². The summed E-state index contributed by atoms with van der Waals surface area (Å²) in [5, 5.41) is 0. The highest BCUT2D eigenvalue weighted by molar-refractivity contribution is 5.76. The number of carbonyl (C=O) groups is 1. The molecule has 17 heavy (non-hydrogen) atoms. The first kappa shape index (κ1) is 12.7. The molecule has 0 saturated heterocycles. The van der Waals surface area contributed by atoms with Gasteiger partial charge in [-0.05, 0) is 23.8 Å². The second-order valence-corrected chi connectivity index (χ2v) is 3.18. The largest absolute Gasteiger partial charge is 0.473 e. The lowest BCUT2D eigenvalue weighted by Gasteiger charge is -1.91. The highest BCUT2D eigenvalue weighted by Gasteiger charge is 1.93. The Morgan fingerprint density at radius 2 is 1.82 bits per heavy atom. The molecule has 0 unspecified atom stereocenters. The van der Waals surface area contributed by atoms with Crippen LogP contribution in [0, 0.1) is 0 Å². The quantitative estimate of drug-likeness (QED) is 0.844. The average molecular weight is 230 g/mol. The van der Waals surface area contributed by atoms with Crippen LogP contribution in [0.3, 0.4) is 0 Å². The van der Waals surface area contributed by atoms with Crippen LogP contribution in [0.2, 0.25) is 0 Å². The fraction of sp³-hybridized carbons (Fsp3) is 0.0769. The van der Waals surface area contributed by atoms with Crippen LogP contribution in [-0.2, 0) is 11.2 Å². The number of aromatic nitrogens is 1. The summed E-state index contributed by atoms with van der Waals surface area (Å²) in [4.78, 5) is 14.8. The maximum absolute atomic E-state index is 10.8. The number of rotatable bonds is 2. The Morgan fingerprint density at radius 3 is 2.65 bits per heavy atom. The zero-order valence-electron chi connectivity index (χ0n) is 9.32. The van der Waals surface area contributed by atoms with Gasteiger partial charge in [-0.2, -0.15) is 0 Å². The van der Waals surface area contributed by atoms with E-state index < -0.39 is 0 Å². The van der Waals surface area contributed by atoms with E-state index in [1.54, 1.807) is 48.8 Å². The van der Waals surface area contributed by atoms with E-state index in [1.165, 1.54) is 12.5 Å². The lowest BCUT2D eigenvalue weighted by atomic mass is 10.2. The van der Waals surface area contributed by atoms with Crippen LogP contribution in [-0.4, -0.2) is 10.9 Å². The maximum atomic E-state index is 10.8. The third kappa shape index (κ3) is 6.67. The zero-order chi connectivity index (χ0) is 12.3. The third-order valence-electron chi connectivity index (χ3n) is 1.77. The first-order chi connectivity index (χ1) is 8.29. The van der Waals surface area contributed by atoms with E-state index in [4.69, 9.17) is 10.2 Å². The molecule has 0 aromatic carbocycles. The average Bonchev–Trinajstić information content (AvgIpc) is 2.30. The molecule has 0 spiro atoms. The summed E-state index contributed by atoms with van der Waals surface area (Å²) in [6.07, 6.45) is 6.44. The van der Waals surface area contributed by atoms with Crippen molar-refractivity contribution in [3.8, 4) is 0 Å². The molecule has 1 heterocycles. The summed E-state index contributed by atoms with van der Waals surface area (Å²) in [7, 11) is 0. The fourth-order valence-corrected chi connectivity index (χ4v) is 1.09. The van der Waals surface area contributed by atoms with Crippen LogP contribution >= 0.6 is 0 Å². The molecule has 0 aliphatic carbocycles. The molecular formula is C13H14N2O2. The Hall–Kier alpha value is -2.36. The van der Waals surface area contributed by atoms with Crippen LogP contribution in [0.25, 0.3) is 0 Å². The van der Waals surface area contributed by atoms with Crippen molar-refractivity contribution >= 4 is 5.91 Å². The predicted molar refractivity (Wildman–Crippen MR) is 64.7 cm³/mol. The summed E-state index contributed by atoms with van der Waals surface area (Å²) < 4.78 is 5.02. The van der Waals surface area contributed by atoms with E-state index in [2.05, 4.69) is 4.98 Å². The molecule has 1 amide bonds. The molecule has 1 aromatic rings. The van der Waals surface area contributed by atoms with Crippen molar-refractivity contribution < 1.29 is 9.21 Å². The molecule has 0 radical (unpaired) electrons. The van der Waals surface area contributed by atoms with E-state index in [0.29, 0.717) is 0 Å². The molecule has 0 bridgehead atoms. The Kier molecular flexibility index (Phi) is 5.88. The van der Waals surface area contributed by atoms with Gasteiger partial charge >= 0.3 is 0 Å². The molecule has 4 heteroatoms. The molecule has 0 atom stereocenters. The standard InChI is InChI=1S/C13H14N2O2/c14-13(16)11-12-5-1-2-9-17-10-4-8-15-7-3-6-12/h1-10H,11H2,(H2,14,16). The van der Waals surface area contributed by atoms with E-state index in [9.17, 15) is 4.79 Å². The van der Waals surface area contributed by atoms with Gasteiger partial charge in [-0.25, -0.2) is 0 Å². The molecular weight excluding hydrogens is 216 g/mol. The smallest absolute Gasteiger partial charge is 0.221 e. The number of hydrogen-bond acceptors (Lipinski definition) is 3. The fourth-order valence-electron chi connectivity index (χ4n) is 1.09. The monoisotopic (exact) mass is 230 g/mol. The summed E-state index contributed by atoms with van der Waals surface area (Å²) in [6, 6.07) is 10.5. The first-order valence-corrected chi connectivity index (χ1v) is 5.10. The van der Waals surface area contributed by atoms with Gasteiger partial charge in [0.15, 0.2) is 0 Å². The van der Waals surface area contributed by atoms with Gasteiger partial charge in [-0.15, -0.1) is 0 Å². The van der Waals surface area contributed by atoms with E-state index in [0.717, 1.165) is 5.56 Å². The van der Waals surface area contributed by atoms with Gasteiger partial charge in [0.2, 0.25) is 5.91 Å². The number of nitrogens with zero attached hydrogens (tertiary/aromatic N) is 1. The molecule has 0 fully saturated rings. The second-order valence-electron chi connectivity index (χ2n) is 3.18. The molecule has 0 aliphatic rings. The van der Waals surface area contributed by atoms with Crippen molar-refractivity contribution in [3.63, 3.8) is 0 Å². The second kappa shape index (κ2) is 7.87. The molecule has 2 N–H and O–H groups in total. The normalized spacial score (nSPS) is 8.71. The molecule has 4 nitrogen and oxygen atoms in total. The van der Waals surface area contributed by atoms with Gasteiger partial charge < -0.3 is 10.2 Å². The lowest BCUT2D eigenvalue weighted by molar-refractivity contribution is -0.117. The Morgan fingerprint density at radius 1 is 1.12 bits per heavy atom. The topological polar surface area (TPSA) is 69.1 Å². The lowest BCUT2D eigenvalue weighted by Crippen LogP contribution is -2.13. The zero-order valence-corrected chi connectivity index (χ0v) is 9.32. The van der Waals surface area contributed by atoms with Crippen molar-refractivity contribution in [2.24, 2.45) is 5.73 Å². The summed E-state index contributed by atoms with van der Waals surface area (Å²) in [5.41, 5.74) is 5.95. The maximum Gasteiger partial charge on any atom is 0.221 e. The Balaban J connectivity index is 3.13. The first-order valence-electron chi connectivity index (χ1n) is 5.10. The van der Waals surface area contributed by atoms with Gasteiger partial charge in [0.25, 0.3) is 0 Å². The van der Waals surface area contributed by atoms with Crippen LogP contribution in [0.1, 0.15) is 5.56 Å². The Bertz CT molecular complexity index is 432. The number of primary amides is 1. The number of nitrogens with two attached hydrogens (primary N) is 1. The van der Waals surface area contributed by atoms with Crippen LogP contribution in [0.5, 0.6) is 0 Å². The van der Waals surface area contributed by atoms with Gasteiger partial charge in [-0.3, -0.25) is 9.78 Å². The van der Waals surface area contributed by atoms with Crippen molar-refractivity contribution in [3.05, 3.63) is 66.9 Å². The summed E-state index contributed by atoms with van der Waals surface area (Å²) >= 11 is 0. The number of hydrogen-bond donors (Lipinski definition) is 1. The van der Waals surface area contributed by atoms with Crippen LogP contribution in [0.15, 0.2) is 65.7 Å². The van der Waals surface area contributed by atoms with Crippen molar-refractivity contribution in [1.82, 2.24) is 4.98 Å². The number of carbonyl (C=O) groups excluding carboxylic acids is 1. The minimum atomic E-state index is -0.371. The van der Waals surface area contributed by atoms with Gasteiger partial charge in [0.05, 0.1) is 18.9 Å². The third-order valence-corrected chi connectivity index (χ3v) is 1.77. The summed E-state index contributed by atoms with van der Waals surface area (Å²) in [6.45, 7) is 0. The molecule has 0 aliphatic heterocycles. The van der Waals surface area contributed by atoms with Crippen molar-refractivity contribution in [1.29, 1.82) is 0 Å². The highest BCUT2D eigenvalue weighted by atomic mass is 16.3. The van der Waals surface area contributed by atoms with E-state index in [-0.39, 0.29) is 12.3 Å². The minimum Gasteiger partial charge on any atom is -0.473 e. The summed E-state index contributed by atoms with van der Waals surface area (Å²) in [5.74, 6) is -0.371. The van der Waals surface area contributed by atoms with Gasteiger partial charge in [0.1, 0.15) is 0 Å². The van der Waals surface area contributed by atoms with Gasteiger partial charge in [-0.1, -0.05) is 18.2 Å². The van der Waals surface area contributed by atoms with E-state index >= 15 is 0 Å². The van der Waals surface area contributed by atoms with Crippen molar-refractivity contribution in [2.75, 3.05) is 0 Å². The predicted octanol–water partition coefficient (Wildman–Crippen LogP) is 1.95. The van der Waals surface area contributed by atoms with Crippen LogP contribution in [0.4, 0.5) is 0 Å². The van der Waals surface area contributed by atoms with Crippen LogP contribution < -0.4 is 5.73 Å². The molecule has 1 aromatic heterocycles. The number of amides is 1. The molecule has 88 valence electrons. The SMILES string of the molecule is NC(=O)Cc1ccccocccnccc1. The highest BCUT2D eigenvalue weighted by Crippen LogP contribution is 1.94. The molecule has 0 saturated carbocycles. The Labute approximate surface area is 99.8 Å². The molecule has 1 rings (SSSR count). The van der Waals surface area contributed by atoms with E-state index in [1.807, 2.05) is 0 Å².